The van der Waals surface area contributed by atoms with Gasteiger partial charge in [-0.1, -0.05) is 91.0 Å². The van der Waals surface area contributed by atoms with Crippen molar-refractivity contribution < 1.29 is 23.3 Å². The van der Waals surface area contributed by atoms with Crippen molar-refractivity contribution in [3.63, 3.8) is 0 Å². The van der Waals surface area contributed by atoms with E-state index in [1.54, 1.807) is 0 Å². The highest BCUT2D eigenvalue weighted by Gasteiger charge is 2.43. The van der Waals surface area contributed by atoms with Crippen LogP contribution in [0.2, 0.25) is 0 Å². The van der Waals surface area contributed by atoms with Crippen LogP contribution >= 0.6 is 0 Å². The maximum atomic E-state index is 13.9. The standard InChI is InChI=1S/C27H29FO4/c28-16-24-26(31-18-22-12-6-2-7-13-22)27(32-19-23-14-8-3-9-15-23)25(20-30-24)29-17-21-10-4-1-5-11-21/h1-15,24-27H,16-20H2/t24?,25?,26-,27-/m1/s1. The van der Waals surface area contributed by atoms with Gasteiger partial charge in [-0.15, -0.1) is 0 Å². The second-order valence-corrected chi connectivity index (χ2v) is 7.88. The normalized spacial score (nSPS) is 23.2. The fourth-order valence-corrected chi connectivity index (χ4v) is 3.82. The summed E-state index contributed by atoms with van der Waals surface area (Å²) in [5.74, 6) is 0. The van der Waals surface area contributed by atoms with Crippen molar-refractivity contribution in [1.82, 2.24) is 0 Å². The summed E-state index contributed by atoms with van der Waals surface area (Å²) in [5.41, 5.74) is 3.11. The van der Waals surface area contributed by atoms with Gasteiger partial charge in [0.1, 0.15) is 31.1 Å². The molecule has 0 aliphatic carbocycles. The lowest BCUT2D eigenvalue weighted by atomic mass is 9.99. The number of hydrogen-bond acceptors (Lipinski definition) is 4. The molecule has 32 heavy (non-hydrogen) atoms. The number of benzene rings is 3. The number of hydrogen-bond donors (Lipinski definition) is 0. The molecule has 0 N–H and O–H groups in total. The van der Waals surface area contributed by atoms with Gasteiger partial charge in [0.15, 0.2) is 0 Å². The van der Waals surface area contributed by atoms with Crippen LogP contribution in [0.1, 0.15) is 16.7 Å². The first-order valence-corrected chi connectivity index (χ1v) is 11.0. The van der Waals surface area contributed by atoms with E-state index in [0.29, 0.717) is 19.8 Å². The van der Waals surface area contributed by atoms with E-state index in [2.05, 4.69) is 0 Å². The first-order valence-electron chi connectivity index (χ1n) is 11.0. The summed E-state index contributed by atoms with van der Waals surface area (Å²) in [6.07, 6.45) is -2.12. The Morgan fingerprint density at radius 1 is 0.625 bits per heavy atom. The topological polar surface area (TPSA) is 36.9 Å². The van der Waals surface area contributed by atoms with Gasteiger partial charge in [0.25, 0.3) is 0 Å². The Morgan fingerprint density at radius 2 is 1.06 bits per heavy atom. The molecule has 2 unspecified atom stereocenters. The monoisotopic (exact) mass is 436 g/mol. The molecule has 0 bridgehead atoms. The molecule has 0 spiro atoms. The van der Waals surface area contributed by atoms with E-state index < -0.39 is 25.0 Å². The molecule has 4 atom stereocenters. The molecule has 168 valence electrons. The fourth-order valence-electron chi connectivity index (χ4n) is 3.82. The SMILES string of the molecule is FCC1OCC(OCc2ccccc2)[C@@H](OCc2ccccc2)[C@@H]1OCc1ccccc1. The number of halogens is 1. The molecule has 0 aromatic heterocycles. The molecule has 3 aromatic carbocycles. The molecule has 1 heterocycles. The lowest BCUT2D eigenvalue weighted by Crippen LogP contribution is -2.56. The largest absolute Gasteiger partial charge is 0.370 e. The average Bonchev–Trinajstić information content (AvgIpc) is 2.87. The van der Waals surface area contributed by atoms with Crippen LogP contribution in [0.4, 0.5) is 4.39 Å². The highest BCUT2D eigenvalue weighted by molar-refractivity contribution is 5.15. The third-order valence-electron chi connectivity index (χ3n) is 5.56. The molecule has 1 aliphatic heterocycles. The van der Waals surface area contributed by atoms with E-state index in [-0.39, 0.29) is 12.7 Å². The molecule has 5 heteroatoms. The van der Waals surface area contributed by atoms with E-state index in [1.165, 1.54) is 0 Å². The smallest absolute Gasteiger partial charge is 0.118 e. The summed E-state index contributed by atoms with van der Waals surface area (Å²) < 4.78 is 38.4. The van der Waals surface area contributed by atoms with Gasteiger partial charge in [-0.3, -0.25) is 0 Å². The van der Waals surface area contributed by atoms with Crippen molar-refractivity contribution in [1.29, 1.82) is 0 Å². The van der Waals surface area contributed by atoms with Crippen LogP contribution in [0.3, 0.4) is 0 Å². The van der Waals surface area contributed by atoms with Crippen molar-refractivity contribution in [3.8, 4) is 0 Å². The van der Waals surface area contributed by atoms with Gasteiger partial charge >= 0.3 is 0 Å². The summed E-state index contributed by atoms with van der Waals surface area (Å²) >= 11 is 0. The molecular weight excluding hydrogens is 407 g/mol. The van der Waals surface area contributed by atoms with Gasteiger partial charge < -0.3 is 18.9 Å². The minimum absolute atomic E-state index is 0.256. The Balaban J connectivity index is 1.49. The van der Waals surface area contributed by atoms with Crippen LogP contribution in [0.15, 0.2) is 91.0 Å². The number of rotatable bonds is 10. The van der Waals surface area contributed by atoms with Crippen molar-refractivity contribution in [3.05, 3.63) is 108 Å². The summed E-state index contributed by atoms with van der Waals surface area (Å²) in [6, 6.07) is 29.7. The molecule has 0 radical (unpaired) electrons. The van der Waals surface area contributed by atoms with Crippen molar-refractivity contribution in [2.24, 2.45) is 0 Å². The highest BCUT2D eigenvalue weighted by Crippen LogP contribution is 2.27. The van der Waals surface area contributed by atoms with Gasteiger partial charge in [-0.05, 0) is 16.7 Å². The van der Waals surface area contributed by atoms with E-state index in [4.69, 9.17) is 18.9 Å². The minimum atomic E-state index is -0.698. The number of ether oxygens (including phenoxy) is 4. The molecule has 4 nitrogen and oxygen atoms in total. The first kappa shape index (κ1) is 22.6. The molecule has 0 amide bonds. The third kappa shape index (κ3) is 6.24. The lowest BCUT2D eigenvalue weighted by molar-refractivity contribution is -0.240. The Labute approximate surface area is 188 Å². The second kappa shape index (κ2) is 11.9. The minimum Gasteiger partial charge on any atom is -0.370 e. The maximum absolute atomic E-state index is 13.9. The quantitative estimate of drug-likeness (QED) is 0.443. The maximum Gasteiger partial charge on any atom is 0.118 e. The summed E-state index contributed by atoms with van der Waals surface area (Å²) in [5, 5.41) is 0. The van der Waals surface area contributed by atoms with Crippen LogP contribution in [-0.4, -0.2) is 37.7 Å². The highest BCUT2D eigenvalue weighted by atomic mass is 19.1. The Hall–Kier alpha value is -2.57. The van der Waals surface area contributed by atoms with E-state index >= 15 is 0 Å². The Kier molecular flexibility index (Phi) is 8.40. The van der Waals surface area contributed by atoms with Crippen molar-refractivity contribution in [2.45, 2.75) is 44.2 Å². The molecule has 1 saturated heterocycles. The zero-order valence-corrected chi connectivity index (χ0v) is 18.0. The summed E-state index contributed by atoms with van der Waals surface area (Å²) in [6.45, 7) is 0.775. The van der Waals surface area contributed by atoms with Crippen LogP contribution in [-0.2, 0) is 38.8 Å². The molecular formula is C27H29FO4. The van der Waals surface area contributed by atoms with Gasteiger partial charge in [-0.2, -0.15) is 0 Å². The van der Waals surface area contributed by atoms with Gasteiger partial charge in [0, 0.05) is 0 Å². The van der Waals surface area contributed by atoms with Gasteiger partial charge in [0.05, 0.1) is 26.4 Å². The lowest BCUT2D eigenvalue weighted by Gasteiger charge is -2.41. The Morgan fingerprint density at radius 3 is 1.53 bits per heavy atom. The molecule has 1 fully saturated rings. The molecule has 3 aromatic rings. The van der Waals surface area contributed by atoms with Crippen molar-refractivity contribution >= 4 is 0 Å². The zero-order valence-electron chi connectivity index (χ0n) is 18.0. The predicted molar refractivity (Wildman–Crippen MR) is 121 cm³/mol. The van der Waals surface area contributed by atoms with Gasteiger partial charge in [-0.25, -0.2) is 4.39 Å². The predicted octanol–water partition coefficient (Wildman–Crippen LogP) is 5.11. The van der Waals surface area contributed by atoms with Crippen LogP contribution in [0.5, 0.6) is 0 Å². The zero-order chi connectivity index (χ0) is 22.0. The second-order valence-electron chi connectivity index (χ2n) is 7.88. The van der Waals surface area contributed by atoms with E-state index in [0.717, 1.165) is 16.7 Å². The van der Waals surface area contributed by atoms with Crippen LogP contribution < -0.4 is 0 Å². The van der Waals surface area contributed by atoms with Gasteiger partial charge in [0.2, 0.25) is 0 Å². The van der Waals surface area contributed by atoms with E-state index in [9.17, 15) is 4.39 Å². The first-order chi connectivity index (χ1) is 15.8. The molecule has 4 rings (SSSR count). The molecule has 0 saturated carbocycles. The third-order valence-corrected chi connectivity index (χ3v) is 5.56. The van der Waals surface area contributed by atoms with Crippen LogP contribution in [0, 0.1) is 0 Å². The fraction of sp³-hybridized carbons (Fsp3) is 0.333. The Bertz CT molecular complexity index is 907. The molecule has 1 aliphatic rings. The van der Waals surface area contributed by atoms with Crippen LogP contribution in [0.25, 0.3) is 0 Å². The summed E-state index contributed by atoms with van der Waals surface area (Å²) in [7, 11) is 0. The summed E-state index contributed by atoms with van der Waals surface area (Å²) in [4.78, 5) is 0. The van der Waals surface area contributed by atoms with Crippen molar-refractivity contribution in [2.75, 3.05) is 13.3 Å². The number of alkyl halides is 1. The van der Waals surface area contributed by atoms with E-state index in [1.807, 2.05) is 91.0 Å². The average molecular weight is 437 g/mol.